The zero-order valence-electron chi connectivity index (χ0n) is 16.1. The number of nitriles is 1. The molecule has 0 bridgehead atoms. The number of methoxy groups -OCH3 is 1. The minimum atomic E-state index is 0.404. The van der Waals surface area contributed by atoms with E-state index in [1.54, 1.807) is 32.0 Å². The summed E-state index contributed by atoms with van der Waals surface area (Å²) in [4.78, 5) is 26.7. The molecule has 10 nitrogen and oxygen atoms in total. The molecule has 3 aromatic heterocycles. The highest BCUT2D eigenvalue weighted by Gasteiger charge is 2.41. The second kappa shape index (κ2) is 7.25. The quantitative estimate of drug-likeness (QED) is 0.621. The van der Waals surface area contributed by atoms with E-state index in [9.17, 15) is 0 Å². The van der Waals surface area contributed by atoms with Gasteiger partial charge in [0, 0.05) is 57.9 Å². The van der Waals surface area contributed by atoms with Gasteiger partial charge < -0.3 is 19.1 Å². The molecule has 0 amide bonds. The molecule has 3 aromatic rings. The highest BCUT2D eigenvalue weighted by atomic mass is 16.5. The number of anilines is 2. The van der Waals surface area contributed by atoms with Crippen LogP contribution in [0, 0.1) is 23.2 Å². The second-order valence-electron chi connectivity index (χ2n) is 7.48. The maximum absolute atomic E-state index is 9.07. The molecule has 2 unspecified atom stereocenters. The number of hydrogen-bond acceptors (Lipinski definition) is 9. The van der Waals surface area contributed by atoms with Crippen molar-refractivity contribution in [2.75, 3.05) is 49.7 Å². The van der Waals surface area contributed by atoms with Gasteiger partial charge in [0.2, 0.25) is 5.95 Å². The van der Waals surface area contributed by atoms with Crippen LogP contribution in [0.25, 0.3) is 11.2 Å². The van der Waals surface area contributed by atoms with E-state index in [4.69, 9.17) is 10.00 Å². The summed E-state index contributed by atoms with van der Waals surface area (Å²) in [5, 5.41) is 9.07. The summed E-state index contributed by atoms with van der Waals surface area (Å²) in [6, 6.07) is 3.72. The zero-order chi connectivity index (χ0) is 19.8. The Balaban J connectivity index is 1.33. The summed E-state index contributed by atoms with van der Waals surface area (Å²) < 4.78 is 7.17. The van der Waals surface area contributed by atoms with Crippen molar-refractivity contribution in [1.82, 2.24) is 29.5 Å². The van der Waals surface area contributed by atoms with E-state index in [0.717, 1.165) is 43.2 Å². The fraction of sp³-hybridized carbons (Fsp3) is 0.474. The number of fused-ring (bicyclic) bond motifs is 2. The highest BCUT2D eigenvalue weighted by molar-refractivity contribution is 5.83. The van der Waals surface area contributed by atoms with Crippen LogP contribution in [-0.2, 0) is 11.3 Å². The Morgan fingerprint density at radius 2 is 1.90 bits per heavy atom. The van der Waals surface area contributed by atoms with Crippen molar-refractivity contribution in [3.63, 3.8) is 0 Å². The Morgan fingerprint density at radius 1 is 1.10 bits per heavy atom. The molecule has 0 aliphatic carbocycles. The third-order valence-electron chi connectivity index (χ3n) is 5.74. The van der Waals surface area contributed by atoms with Crippen molar-refractivity contribution < 1.29 is 4.74 Å². The summed E-state index contributed by atoms with van der Waals surface area (Å²) in [5.74, 6) is 2.55. The van der Waals surface area contributed by atoms with Gasteiger partial charge in [0.05, 0.1) is 12.9 Å². The van der Waals surface area contributed by atoms with Crippen molar-refractivity contribution in [1.29, 1.82) is 5.26 Å². The van der Waals surface area contributed by atoms with Crippen LogP contribution in [0.5, 0.6) is 0 Å². The summed E-state index contributed by atoms with van der Waals surface area (Å²) >= 11 is 0. The van der Waals surface area contributed by atoms with Crippen LogP contribution in [0.15, 0.2) is 24.9 Å². The van der Waals surface area contributed by atoms with Gasteiger partial charge in [0.25, 0.3) is 0 Å². The molecule has 2 saturated heterocycles. The molecule has 0 spiro atoms. The van der Waals surface area contributed by atoms with Gasteiger partial charge in [-0.25, -0.2) is 24.9 Å². The summed E-state index contributed by atoms with van der Waals surface area (Å²) in [5.41, 5.74) is 2.08. The van der Waals surface area contributed by atoms with Gasteiger partial charge in [0.15, 0.2) is 17.0 Å². The fourth-order valence-corrected chi connectivity index (χ4v) is 4.35. The largest absolute Gasteiger partial charge is 0.383 e. The minimum absolute atomic E-state index is 0.404. The smallest absolute Gasteiger partial charge is 0.226 e. The maximum Gasteiger partial charge on any atom is 0.226 e. The first-order chi connectivity index (χ1) is 14.3. The SMILES string of the molecule is COCCn1cnc2c(N3CC4CN(c5nccc(C#N)n5)CC4C3)ncnc21. The lowest BCUT2D eigenvalue weighted by atomic mass is 10.0. The van der Waals surface area contributed by atoms with Crippen LogP contribution in [0.1, 0.15) is 5.69 Å². The van der Waals surface area contributed by atoms with E-state index in [0.29, 0.717) is 36.6 Å². The van der Waals surface area contributed by atoms with Gasteiger partial charge in [-0.3, -0.25) is 0 Å². The van der Waals surface area contributed by atoms with E-state index in [1.807, 2.05) is 4.57 Å². The van der Waals surface area contributed by atoms with Crippen LogP contribution >= 0.6 is 0 Å². The van der Waals surface area contributed by atoms with Gasteiger partial charge in [-0.1, -0.05) is 0 Å². The first kappa shape index (κ1) is 17.8. The number of nitrogens with zero attached hydrogens (tertiary/aromatic N) is 9. The van der Waals surface area contributed by atoms with E-state index >= 15 is 0 Å². The van der Waals surface area contributed by atoms with Gasteiger partial charge in [-0.05, 0) is 6.07 Å². The Kier molecular flexibility index (Phi) is 4.44. The molecule has 2 aliphatic heterocycles. The average Bonchev–Trinajstić information content (AvgIpc) is 3.45. The summed E-state index contributed by atoms with van der Waals surface area (Å²) in [7, 11) is 1.69. The molecule has 0 saturated carbocycles. The molecule has 2 fully saturated rings. The van der Waals surface area contributed by atoms with Crippen molar-refractivity contribution >= 4 is 22.9 Å². The van der Waals surface area contributed by atoms with Gasteiger partial charge in [-0.2, -0.15) is 5.26 Å². The predicted octanol–water partition coefficient (Wildman–Crippen LogP) is 0.707. The molecular weight excluding hydrogens is 370 g/mol. The number of rotatable bonds is 5. The monoisotopic (exact) mass is 391 g/mol. The van der Waals surface area contributed by atoms with Crippen LogP contribution < -0.4 is 9.80 Å². The molecule has 29 heavy (non-hydrogen) atoms. The van der Waals surface area contributed by atoms with Crippen molar-refractivity contribution in [3.8, 4) is 6.07 Å². The van der Waals surface area contributed by atoms with Gasteiger partial charge >= 0.3 is 0 Å². The molecule has 0 aromatic carbocycles. The Hall–Kier alpha value is -3.32. The molecule has 0 N–H and O–H groups in total. The first-order valence-electron chi connectivity index (χ1n) is 9.64. The topological polar surface area (TPSA) is 109 Å². The van der Waals surface area contributed by atoms with Crippen LogP contribution in [0.4, 0.5) is 11.8 Å². The lowest BCUT2D eigenvalue weighted by Crippen LogP contribution is -2.30. The van der Waals surface area contributed by atoms with E-state index < -0.39 is 0 Å². The molecule has 10 heteroatoms. The predicted molar refractivity (Wildman–Crippen MR) is 105 cm³/mol. The normalized spacial score (nSPS) is 21.0. The number of hydrogen-bond donors (Lipinski definition) is 0. The third-order valence-corrected chi connectivity index (χ3v) is 5.74. The maximum atomic E-state index is 9.07. The van der Waals surface area contributed by atoms with Crippen LogP contribution in [0.2, 0.25) is 0 Å². The molecule has 148 valence electrons. The minimum Gasteiger partial charge on any atom is -0.383 e. The zero-order valence-corrected chi connectivity index (χ0v) is 16.1. The second-order valence-corrected chi connectivity index (χ2v) is 7.48. The van der Waals surface area contributed by atoms with Crippen molar-refractivity contribution in [2.24, 2.45) is 11.8 Å². The molecule has 2 atom stereocenters. The van der Waals surface area contributed by atoms with Crippen LogP contribution in [-0.4, -0.2) is 69.4 Å². The fourth-order valence-electron chi connectivity index (χ4n) is 4.35. The van der Waals surface area contributed by atoms with E-state index in [-0.39, 0.29) is 0 Å². The average molecular weight is 391 g/mol. The lowest BCUT2D eigenvalue weighted by molar-refractivity contribution is 0.188. The Bertz CT molecular complexity index is 1060. The number of ether oxygens (including phenoxy) is 1. The summed E-state index contributed by atoms with van der Waals surface area (Å²) in [6.07, 6.45) is 5.07. The van der Waals surface area contributed by atoms with E-state index in [1.165, 1.54) is 0 Å². The molecule has 0 radical (unpaired) electrons. The number of aromatic nitrogens is 6. The van der Waals surface area contributed by atoms with Crippen molar-refractivity contribution in [3.05, 3.63) is 30.6 Å². The molecular formula is C19H21N9O. The molecule has 5 rings (SSSR count). The first-order valence-corrected chi connectivity index (χ1v) is 9.64. The molecule has 5 heterocycles. The van der Waals surface area contributed by atoms with Gasteiger partial charge in [0.1, 0.15) is 18.1 Å². The molecule has 2 aliphatic rings. The Labute approximate surface area is 167 Å². The third kappa shape index (κ3) is 3.13. The van der Waals surface area contributed by atoms with E-state index in [2.05, 4.69) is 40.8 Å². The number of imidazole rings is 1. The Morgan fingerprint density at radius 3 is 2.66 bits per heavy atom. The standard InChI is InChI=1S/C19H21N9O/c1-29-5-4-26-12-24-16-17(26)22-11-23-18(16)27-7-13-9-28(10-14(13)8-27)19-21-3-2-15(6-20)25-19/h2-3,11-14H,4-5,7-10H2,1H3. The van der Waals surface area contributed by atoms with Gasteiger partial charge in [-0.15, -0.1) is 0 Å². The summed E-state index contributed by atoms with van der Waals surface area (Å²) in [6.45, 7) is 4.92. The highest BCUT2D eigenvalue weighted by Crippen LogP contribution is 2.36. The van der Waals surface area contributed by atoms with Crippen molar-refractivity contribution in [2.45, 2.75) is 6.54 Å². The lowest BCUT2D eigenvalue weighted by Gasteiger charge is -2.22. The van der Waals surface area contributed by atoms with Crippen LogP contribution in [0.3, 0.4) is 0 Å².